The van der Waals surface area contributed by atoms with Crippen molar-refractivity contribution in [1.82, 2.24) is 14.9 Å². The molecule has 2 rings (SSSR count). The standard InChI is InChI=1S/C12H18BrClN4/c1-17-5-3-9(4-6-17)7-18(2)12-10(13)11(14)15-8-16-12/h8-9H,3-7H2,1-2H3. The Morgan fingerprint density at radius 3 is 2.78 bits per heavy atom. The van der Waals surface area contributed by atoms with Crippen molar-refractivity contribution in [2.75, 3.05) is 38.6 Å². The molecule has 6 heteroatoms. The molecule has 0 radical (unpaired) electrons. The Balaban J connectivity index is 1.99. The summed E-state index contributed by atoms with van der Waals surface area (Å²) < 4.78 is 0.780. The molecule has 4 nitrogen and oxygen atoms in total. The second-order valence-electron chi connectivity index (χ2n) is 4.93. The fourth-order valence-electron chi connectivity index (χ4n) is 2.32. The quantitative estimate of drug-likeness (QED) is 0.796. The van der Waals surface area contributed by atoms with Crippen LogP contribution >= 0.6 is 27.5 Å². The molecule has 100 valence electrons. The molecule has 0 saturated carbocycles. The maximum atomic E-state index is 5.99. The molecule has 0 unspecified atom stereocenters. The number of nitrogens with zero attached hydrogens (tertiary/aromatic N) is 4. The predicted octanol–water partition coefficient (Wildman–Crippen LogP) is 2.67. The van der Waals surface area contributed by atoms with Crippen LogP contribution < -0.4 is 4.90 Å². The highest BCUT2D eigenvalue weighted by Gasteiger charge is 2.20. The lowest BCUT2D eigenvalue weighted by molar-refractivity contribution is 0.222. The van der Waals surface area contributed by atoms with E-state index in [1.165, 1.54) is 32.3 Å². The zero-order valence-corrected chi connectivity index (χ0v) is 13.1. The highest BCUT2D eigenvalue weighted by atomic mass is 79.9. The maximum Gasteiger partial charge on any atom is 0.148 e. The van der Waals surface area contributed by atoms with Gasteiger partial charge in [-0.05, 0) is 54.8 Å². The van der Waals surface area contributed by atoms with Crippen molar-refractivity contribution in [3.05, 3.63) is 16.0 Å². The lowest BCUT2D eigenvalue weighted by atomic mass is 9.97. The van der Waals surface area contributed by atoms with Gasteiger partial charge in [-0.2, -0.15) is 0 Å². The number of anilines is 1. The first-order valence-electron chi connectivity index (χ1n) is 6.13. The Morgan fingerprint density at radius 2 is 2.11 bits per heavy atom. The van der Waals surface area contributed by atoms with E-state index in [9.17, 15) is 0 Å². The van der Waals surface area contributed by atoms with Gasteiger partial charge in [0.15, 0.2) is 0 Å². The van der Waals surface area contributed by atoms with Crippen molar-refractivity contribution in [2.45, 2.75) is 12.8 Å². The van der Waals surface area contributed by atoms with Crippen molar-refractivity contribution in [1.29, 1.82) is 0 Å². The molecule has 2 heterocycles. The number of hydrogen-bond acceptors (Lipinski definition) is 4. The zero-order chi connectivity index (χ0) is 13.1. The molecule has 0 spiro atoms. The van der Waals surface area contributed by atoms with E-state index < -0.39 is 0 Å². The molecule has 1 saturated heterocycles. The summed E-state index contributed by atoms with van der Waals surface area (Å²) in [6.07, 6.45) is 4.00. The first-order chi connectivity index (χ1) is 8.58. The average molecular weight is 334 g/mol. The summed E-state index contributed by atoms with van der Waals surface area (Å²) in [7, 11) is 4.24. The molecule has 0 N–H and O–H groups in total. The van der Waals surface area contributed by atoms with E-state index in [2.05, 4.69) is 49.8 Å². The monoisotopic (exact) mass is 332 g/mol. The molecule has 0 aromatic carbocycles. The molecule has 0 amide bonds. The maximum absolute atomic E-state index is 5.99. The van der Waals surface area contributed by atoms with Crippen LogP contribution in [0.25, 0.3) is 0 Å². The van der Waals surface area contributed by atoms with E-state index in [-0.39, 0.29) is 0 Å². The van der Waals surface area contributed by atoms with Gasteiger partial charge >= 0.3 is 0 Å². The van der Waals surface area contributed by atoms with Crippen LogP contribution in [0.5, 0.6) is 0 Å². The smallest absolute Gasteiger partial charge is 0.148 e. The van der Waals surface area contributed by atoms with Crippen LogP contribution in [-0.4, -0.2) is 48.6 Å². The molecular formula is C12H18BrClN4. The van der Waals surface area contributed by atoms with E-state index in [4.69, 9.17) is 11.6 Å². The second kappa shape index (κ2) is 6.17. The molecule has 18 heavy (non-hydrogen) atoms. The van der Waals surface area contributed by atoms with Crippen molar-refractivity contribution >= 4 is 33.3 Å². The Bertz CT molecular complexity index is 407. The number of hydrogen-bond donors (Lipinski definition) is 0. The number of piperidine rings is 1. The predicted molar refractivity (Wildman–Crippen MR) is 78.2 cm³/mol. The summed E-state index contributed by atoms with van der Waals surface area (Å²) in [5.74, 6) is 1.60. The summed E-state index contributed by atoms with van der Waals surface area (Å²) in [5.41, 5.74) is 0. The summed E-state index contributed by atoms with van der Waals surface area (Å²) in [6.45, 7) is 3.38. The third-order valence-corrected chi connectivity index (χ3v) is 4.71. The highest BCUT2D eigenvalue weighted by molar-refractivity contribution is 9.10. The minimum Gasteiger partial charge on any atom is -0.358 e. The topological polar surface area (TPSA) is 32.3 Å². The average Bonchev–Trinajstić information content (AvgIpc) is 2.35. The molecule has 1 fully saturated rings. The number of aromatic nitrogens is 2. The van der Waals surface area contributed by atoms with E-state index in [0.717, 1.165) is 22.8 Å². The molecule has 1 aromatic heterocycles. The first-order valence-corrected chi connectivity index (χ1v) is 7.30. The minimum absolute atomic E-state index is 0.468. The fraction of sp³-hybridized carbons (Fsp3) is 0.667. The van der Waals surface area contributed by atoms with Crippen molar-refractivity contribution in [2.24, 2.45) is 5.92 Å². The van der Waals surface area contributed by atoms with Gasteiger partial charge in [-0.3, -0.25) is 0 Å². The van der Waals surface area contributed by atoms with Gasteiger partial charge in [-0.15, -0.1) is 0 Å². The van der Waals surface area contributed by atoms with E-state index in [0.29, 0.717) is 5.15 Å². The fourth-order valence-corrected chi connectivity index (χ4v) is 2.96. The Kier molecular flexibility index (Phi) is 4.81. The van der Waals surface area contributed by atoms with Gasteiger partial charge < -0.3 is 9.80 Å². The third-order valence-electron chi connectivity index (χ3n) is 3.46. The number of rotatable bonds is 3. The summed E-state index contributed by atoms with van der Waals surface area (Å²) in [4.78, 5) is 12.8. The Hall–Kier alpha value is -0.390. The number of likely N-dealkylation sites (tertiary alicyclic amines) is 1. The van der Waals surface area contributed by atoms with Crippen molar-refractivity contribution in [3.8, 4) is 0 Å². The number of halogens is 2. The van der Waals surface area contributed by atoms with E-state index >= 15 is 0 Å². The van der Waals surface area contributed by atoms with Crippen LogP contribution in [0.4, 0.5) is 5.82 Å². The minimum atomic E-state index is 0.468. The van der Waals surface area contributed by atoms with Gasteiger partial charge in [0.25, 0.3) is 0 Å². The lowest BCUT2D eigenvalue weighted by Gasteiger charge is -2.32. The van der Waals surface area contributed by atoms with Crippen molar-refractivity contribution in [3.63, 3.8) is 0 Å². The van der Waals surface area contributed by atoms with Gasteiger partial charge in [-0.1, -0.05) is 11.6 Å². The lowest BCUT2D eigenvalue weighted by Crippen LogP contribution is -2.36. The molecular weight excluding hydrogens is 316 g/mol. The van der Waals surface area contributed by atoms with Crippen LogP contribution in [-0.2, 0) is 0 Å². The summed E-state index contributed by atoms with van der Waals surface area (Å²) in [6, 6.07) is 0. The van der Waals surface area contributed by atoms with Gasteiger partial charge in [-0.25, -0.2) is 9.97 Å². The first kappa shape index (κ1) is 14.0. The third kappa shape index (κ3) is 3.33. The largest absolute Gasteiger partial charge is 0.358 e. The van der Waals surface area contributed by atoms with Crippen LogP contribution in [0, 0.1) is 5.92 Å². The SMILES string of the molecule is CN1CCC(CN(C)c2ncnc(Cl)c2Br)CC1. The van der Waals surface area contributed by atoms with Crippen LogP contribution in [0.2, 0.25) is 5.15 Å². The Labute approximate surface area is 121 Å². The van der Waals surface area contributed by atoms with E-state index in [1.54, 1.807) is 0 Å². The van der Waals surface area contributed by atoms with Gasteiger partial charge in [0.05, 0.1) is 4.47 Å². The molecule has 1 aromatic rings. The molecule has 1 aliphatic heterocycles. The molecule has 1 aliphatic rings. The Morgan fingerprint density at radius 1 is 1.44 bits per heavy atom. The van der Waals surface area contributed by atoms with Crippen molar-refractivity contribution < 1.29 is 0 Å². The van der Waals surface area contributed by atoms with Crippen LogP contribution in [0.15, 0.2) is 10.8 Å². The van der Waals surface area contributed by atoms with Gasteiger partial charge in [0.2, 0.25) is 0 Å². The molecule has 0 aliphatic carbocycles. The van der Waals surface area contributed by atoms with Gasteiger partial charge in [0, 0.05) is 13.6 Å². The summed E-state index contributed by atoms with van der Waals surface area (Å²) in [5, 5.41) is 0.468. The molecule has 0 bridgehead atoms. The van der Waals surface area contributed by atoms with E-state index in [1.807, 2.05) is 0 Å². The molecule has 0 atom stereocenters. The normalized spacial score (nSPS) is 18.0. The van der Waals surface area contributed by atoms with Crippen LogP contribution in [0.1, 0.15) is 12.8 Å². The highest BCUT2D eigenvalue weighted by Crippen LogP contribution is 2.29. The van der Waals surface area contributed by atoms with Crippen LogP contribution in [0.3, 0.4) is 0 Å². The summed E-state index contributed by atoms with van der Waals surface area (Å²) >= 11 is 9.44. The van der Waals surface area contributed by atoms with Gasteiger partial charge in [0.1, 0.15) is 17.3 Å². The second-order valence-corrected chi connectivity index (χ2v) is 6.08. The zero-order valence-electron chi connectivity index (χ0n) is 10.7.